The number of aliphatic hydroxyl groups excluding tert-OH is 1. The van der Waals surface area contributed by atoms with Gasteiger partial charge in [-0.15, -0.1) is 11.8 Å². The minimum absolute atomic E-state index is 0.0521. The van der Waals surface area contributed by atoms with Gasteiger partial charge in [-0.1, -0.05) is 24.3 Å². The first kappa shape index (κ1) is 20.0. The minimum atomic E-state index is -0.281. The summed E-state index contributed by atoms with van der Waals surface area (Å²) in [5.74, 6) is 0.721. The molecule has 2 aromatic heterocycles. The van der Waals surface area contributed by atoms with Crippen LogP contribution in [0, 0.1) is 0 Å². The molecule has 1 aliphatic rings. The molecule has 0 amide bonds. The lowest BCUT2D eigenvalue weighted by atomic mass is 10.1. The van der Waals surface area contributed by atoms with Crippen molar-refractivity contribution in [1.29, 1.82) is 0 Å². The fourth-order valence-corrected chi connectivity index (χ4v) is 5.43. The van der Waals surface area contributed by atoms with E-state index in [1.807, 2.05) is 20.0 Å². The van der Waals surface area contributed by atoms with E-state index in [0.29, 0.717) is 17.3 Å². The molecule has 4 rings (SSSR count). The van der Waals surface area contributed by atoms with E-state index >= 15 is 0 Å². The topological polar surface area (TPSA) is 69.2 Å². The number of benzene rings is 1. The van der Waals surface area contributed by atoms with E-state index in [0.717, 1.165) is 23.6 Å². The van der Waals surface area contributed by atoms with Crippen LogP contribution in [0.15, 0.2) is 45.1 Å². The van der Waals surface area contributed by atoms with Gasteiger partial charge in [-0.3, -0.25) is 13.9 Å². The van der Waals surface area contributed by atoms with Crippen molar-refractivity contribution in [2.45, 2.75) is 50.2 Å². The quantitative estimate of drug-likeness (QED) is 0.498. The van der Waals surface area contributed by atoms with Crippen molar-refractivity contribution in [1.82, 2.24) is 13.7 Å². The second kappa shape index (κ2) is 7.88. The van der Waals surface area contributed by atoms with Crippen LogP contribution in [-0.4, -0.2) is 31.2 Å². The van der Waals surface area contributed by atoms with Crippen molar-refractivity contribution >= 4 is 22.7 Å². The van der Waals surface area contributed by atoms with E-state index in [1.165, 1.54) is 15.7 Å². The Morgan fingerprint density at radius 1 is 1.17 bits per heavy atom. The molecule has 6 nitrogen and oxygen atoms in total. The Morgan fingerprint density at radius 3 is 2.41 bits per heavy atom. The summed E-state index contributed by atoms with van der Waals surface area (Å²) in [5.41, 5.74) is 2.86. The largest absolute Gasteiger partial charge is 0.396 e. The third kappa shape index (κ3) is 3.36. The Hall–Kier alpha value is -2.25. The van der Waals surface area contributed by atoms with Gasteiger partial charge in [-0.05, 0) is 44.2 Å². The highest BCUT2D eigenvalue weighted by Crippen LogP contribution is 2.37. The summed E-state index contributed by atoms with van der Waals surface area (Å²) in [6.07, 6.45) is 4.48. The van der Waals surface area contributed by atoms with Crippen molar-refractivity contribution in [3.05, 3.63) is 62.4 Å². The van der Waals surface area contributed by atoms with Gasteiger partial charge in [-0.25, -0.2) is 4.79 Å². The van der Waals surface area contributed by atoms with Crippen LogP contribution in [0.2, 0.25) is 0 Å². The van der Waals surface area contributed by atoms with Crippen molar-refractivity contribution in [2.75, 3.05) is 12.4 Å². The summed E-state index contributed by atoms with van der Waals surface area (Å²) < 4.78 is 5.13. The lowest BCUT2D eigenvalue weighted by Gasteiger charge is -2.16. The fraction of sp³-hybridized carbons (Fsp3) is 0.455. The van der Waals surface area contributed by atoms with Crippen molar-refractivity contribution in [2.24, 2.45) is 7.05 Å². The number of thioether (sulfide) groups is 1. The highest BCUT2D eigenvalue weighted by Gasteiger charge is 2.28. The van der Waals surface area contributed by atoms with E-state index in [9.17, 15) is 14.7 Å². The molecule has 0 unspecified atom stereocenters. The van der Waals surface area contributed by atoms with E-state index < -0.39 is 0 Å². The molecule has 0 aliphatic heterocycles. The van der Waals surface area contributed by atoms with E-state index in [2.05, 4.69) is 28.8 Å². The molecule has 0 saturated carbocycles. The summed E-state index contributed by atoms with van der Waals surface area (Å²) in [5, 5.41) is 10.7. The van der Waals surface area contributed by atoms with Crippen LogP contribution < -0.4 is 11.2 Å². The lowest BCUT2D eigenvalue weighted by Crippen LogP contribution is -2.38. The van der Waals surface area contributed by atoms with Crippen LogP contribution in [0.1, 0.15) is 43.5 Å². The molecule has 0 atom stereocenters. The second-order valence-electron chi connectivity index (χ2n) is 7.97. The molecule has 1 aliphatic carbocycles. The van der Waals surface area contributed by atoms with Crippen LogP contribution >= 0.6 is 11.8 Å². The van der Waals surface area contributed by atoms with Gasteiger partial charge in [0.15, 0.2) is 0 Å². The van der Waals surface area contributed by atoms with Gasteiger partial charge in [0.25, 0.3) is 5.56 Å². The lowest BCUT2D eigenvalue weighted by molar-refractivity contribution is 0.296. The average molecular weight is 414 g/mol. The molecule has 1 aromatic carbocycles. The maximum absolute atomic E-state index is 13.1. The summed E-state index contributed by atoms with van der Waals surface area (Å²) in [6.45, 7) is 4.05. The first-order valence-electron chi connectivity index (χ1n) is 10.1. The maximum atomic E-state index is 13.1. The maximum Gasteiger partial charge on any atom is 0.331 e. The first-order valence-corrected chi connectivity index (χ1v) is 11.1. The zero-order chi connectivity index (χ0) is 20.7. The highest BCUT2D eigenvalue weighted by atomic mass is 32.2. The summed E-state index contributed by atoms with van der Waals surface area (Å²) in [7, 11) is 1.55. The monoisotopic (exact) mass is 413 g/mol. The van der Waals surface area contributed by atoms with Crippen LogP contribution in [0.3, 0.4) is 0 Å². The Labute approximate surface area is 173 Å². The highest BCUT2D eigenvalue weighted by molar-refractivity contribution is 7.99. The third-order valence-corrected chi connectivity index (χ3v) is 6.90. The molecule has 0 saturated heterocycles. The molecule has 1 N–H and O–H groups in total. The SMILES string of the molecule is CC(C)n1c(=O)n(C)c(=O)c2c(SCCCO)n(C3Cc4ccccc4C3)cc21. The Balaban J connectivity index is 1.93. The molecule has 0 spiro atoms. The second-order valence-corrected chi connectivity index (χ2v) is 9.05. The molecule has 0 fully saturated rings. The predicted octanol–water partition coefficient (Wildman–Crippen LogP) is 2.90. The number of aromatic nitrogens is 3. The standard InChI is InChI=1S/C22H27N3O3S/c1-14(2)25-18-13-24(17-11-15-7-4-5-8-16(15)12-17)21(29-10-6-9-26)19(18)20(27)23(3)22(25)28/h4-5,7-8,13-14,17,26H,6,9-12H2,1-3H3. The Kier molecular flexibility index (Phi) is 5.44. The number of nitrogens with zero attached hydrogens (tertiary/aromatic N) is 3. The van der Waals surface area contributed by atoms with Gasteiger partial charge >= 0.3 is 5.69 Å². The number of aliphatic hydroxyl groups is 1. The van der Waals surface area contributed by atoms with Gasteiger partial charge in [0.05, 0.1) is 15.9 Å². The first-order chi connectivity index (χ1) is 13.9. The van der Waals surface area contributed by atoms with E-state index in [1.54, 1.807) is 23.4 Å². The zero-order valence-corrected chi connectivity index (χ0v) is 17.9. The number of hydrogen-bond acceptors (Lipinski definition) is 4. The van der Waals surface area contributed by atoms with Gasteiger partial charge in [0.1, 0.15) is 0 Å². The molecule has 3 aromatic rings. The fourth-order valence-electron chi connectivity index (χ4n) is 4.28. The van der Waals surface area contributed by atoms with Crippen LogP contribution in [0.4, 0.5) is 0 Å². The van der Waals surface area contributed by atoms with Crippen LogP contribution in [-0.2, 0) is 19.9 Å². The summed E-state index contributed by atoms with van der Waals surface area (Å²) in [6, 6.07) is 8.63. The van der Waals surface area contributed by atoms with Gasteiger partial charge < -0.3 is 9.67 Å². The zero-order valence-electron chi connectivity index (χ0n) is 17.1. The molecule has 7 heteroatoms. The molecular weight excluding hydrogens is 386 g/mol. The Morgan fingerprint density at radius 2 is 1.83 bits per heavy atom. The van der Waals surface area contributed by atoms with Crippen molar-refractivity contribution in [3.63, 3.8) is 0 Å². The smallest absolute Gasteiger partial charge is 0.331 e. The average Bonchev–Trinajstić information content (AvgIpc) is 3.28. The molecule has 0 radical (unpaired) electrons. The molecular formula is C22H27N3O3S. The number of fused-ring (bicyclic) bond motifs is 2. The predicted molar refractivity (Wildman–Crippen MR) is 117 cm³/mol. The summed E-state index contributed by atoms with van der Waals surface area (Å²) in [4.78, 5) is 25.9. The molecule has 154 valence electrons. The van der Waals surface area contributed by atoms with Crippen LogP contribution in [0.25, 0.3) is 10.9 Å². The van der Waals surface area contributed by atoms with Gasteiger partial charge in [0, 0.05) is 37.7 Å². The van der Waals surface area contributed by atoms with Crippen molar-refractivity contribution in [3.8, 4) is 0 Å². The number of rotatable bonds is 6. The van der Waals surface area contributed by atoms with Gasteiger partial charge in [-0.2, -0.15) is 0 Å². The third-order valence-electron chi connectivity index (χ3n) is 5.72. The normalized spacial score (nSPS) is 14.2. The molecule has 2 heterocycles. The number of hydrogen-bond donors (Lipinski definition) is 1. The minimum Gasteiger partial charge on any atom is -0.396 e. The molecule has 29 heavy (non-hydrogen) atoms. The van der Waals surface area contributed by atoms with Gasteiger partial charge in [0.2, 0.25) is 0 Å². The summed E-state index contributed by atoms with van der Waals surface area (Å²) >= 11 is 1.60. The van der Waals surface area contributed by atoms with Crippen molar-refractivity contribution < 1.29 is 5.11 Å². The Bertz CT molecular complexity index is 1150. The van der Waals surface area contributed by atoms with E-state index in [-0.39, 0.29) is 29.9 Å². The molecule has 0 bridgehead atoms. The van der Waals surface area contributed by atoms with E-state index in [4.69, 9.17) is 0 Å². The van der Waals surface area contributed by atoms with Crippen LogP contribution in [0.5, 0.6) is 0 Å².